The van der Waals surface area contributed by atoms with Crippen LogP contribution in [0.1, 0.15) is 31.9 Å². The first-order chi connectivity index (χ1) is 44.0. The van der Waals surface area contributed by atoms with Gasteiger partial charge in [-0.2, -0.15) is 13.2 Å². The fourth-order valence-electron chi connectivity index (χ4n) is 13.9. The Bertz CT molecular complexity index is 5110. The van der Waals surface area contributed by atoms with Crippen LogP contribution in [-0.2, 0) is 11.6 Å². The number of nitrogens with zero attached hydrogens (tertiary/aromatic N) is 12. The molecule has 0 spiro atoms. The molecule has 0 bridgehead atoms. The lowest BCUT2D eigenvalue weighted by Crippen LogP contribution is -2.27. The Labute approximate surface area is 511 Å². The van der Waals surface area contributed by atoms with Crippen molar-refractivity contribution in [1.82, 2.24) is 58.1 Å². The third-order valence-electron chi connectivity index (χ3n) is 17.6. The van der Waals surface area contributed by atoms with E-state index < -0.39 is 17.2 Å². The van der Waals surface area contributed by atoms with E-state index >= 15 is 13.2 Å². The number of rotatable bonds is 8. The van der Waals surface area contributed by atoms with Crippen LogP contribution in [0.5, 0.6) is 0 Å². The highest BCUT2D eigenvalue weighted by Crippen LogP contribution is 2.55. The first kappa shape index (κ1) is 52.6. The van der Waals surface area contributed by atoms with Crippen LogP contribution in [0, 0.1) is 0 Å². The second-order valence-corrected chi connectivity index (χ2v) is 23.7. The maximum Gasteiger partial charge on any atom is 0.420 e. The van der Waals surface area contributed by atoms with Crippen LogP contribution in [0.15, 0.2) is 245 Å². The fourth-order valence-corrected chi connectivity index (χ4v) is 13.9. The van der Waals surface area contributed by atoms with Gasteiger partial charge in [-0.15, -0.1) is 0 Å². The van der Waals surface area contributed by atoms with Crippen molar-refractivity contribution in [3.63, 3.8) is 0 Å². The predicted molar refractivity (Wildman–Crippen MR) is 352 cm³/mol. The molecule has 8 aromatic heterocycles. The van der Waals surface area contributed by atoms with Crippen LogP contribution in [-0.4, -0.2) is 58.1 Å². The Morgan fingerprint density at radius 1 is 0.256 bits per heavy atom. The zero-order valence-electron chi connectivity index (χ0n) is 48.6. The minimum atomic E-state index is -5.08. The molecule has 0 amide bonds. The molecule has 8 heterocycles. The summed E-state index contributed by atoms with van der Waals surface area (Å²) in [6.45, 7) is 6.37. The topological polar surface area (TPSA) is 123 Å². The Kier molecular flexibility index (Phi) is 11.6. The molecule has 9 aromatic carbocycles. The molecular formula is C75H49F3N12. The van der Waals surface area contributed by atoms with Gasteiger partial charge in [-0.05, 0) is 100 Å². The van der Waals surface area contributed by atoms with Gasteiger partial charge in [0.15, 0.2) is 0 Å². The highest BCUT2D eigenvalue weighted by molar-refractivity contribution is 6.17. The van der Waals surface area contributed by atoms with E-state index in [9.17, 15) is 0 Å². The second-order valence-electron chi connectivity index (χ2n) is 23.7. The van der Waals surface area contributed by atoms with Crippen LogP contribution < -0.4 is 0 Å². The molecular weight excluding hydrogens is 1130 g/mol. The van der Waals surface area contributed by atoms with Gasteiger partial charge in [0, 0.05) is 120 Å². The molecule has 0 radical (unpaired) electrons. The zero-order valence-corrected chi connectivity index (χ0v) is 48.6. The Balaban J connectivity index is 1.17. The van der Waals surface area contributed by atoms with Crippen molar-refractivity contribution in [2.45, 2.75) is 32.4 Å². The molecule has 430 valence electrons. The smallest absolute Gasteiger partial charge is 0.307 e. The zero-order chi connectivity index (χ0) is 60.6. The monoisotopic (exact) mass is 1170 g/mol. The van der Waals surface area contributed by atoms with E-state index in [2.05, 4.69) is 94.0 Å². The number of fused-ring (bicyclic) bond motifs is 12. The van der Waals surface area contributed by atoms with Crippen molar-refractivity contribution in [1.29, 1.82) is 0 Å². The molecule has 0 aliphatic heterocycles. The number of hydrogen-bond acceptors (Lipinski definition) is 8. The number of benzene rings is 9. The van der Waals surface area contributed by atoms with E-state index in [1.54, 1.807) is 49.6 Å². The van der Waals surface area contributed by atoms with Crippen molar-refractivity contribution in [2.75, 3.05) is 0 Å². The molecule has 17 aromatic rings. The van der Waals surface area contributed by atoms with Gasteiger partial charge in [0.25, 0.3) is 0 Å². The maximum absolute atomic E-state index is 18.9. The molecule has 17 rings (SSSR count). The molecule has 90 heavy (non-hydrogen) atoms. The van der Waals surface area contributed by atoms with Gasteiger partial charge < -0.3 is 18.3 Å². The summed E-state index contributed by atoms with van der Waals surface area (Å²) in [6.07, 6.45) is 15.1. The molecule has 0 aliphatic carbocycles. The number of aromatic nitrogens is 12. The predicted octanol–water partition coefficient (Wildman–Crippen LogP) is 18.2. The van der Waals surface area contributed by atoms with E-state index in [1.807, 2.05) is 155 Å². The van der Waals surface area contributed by atoms with Crippen LogP contribution in [0.2, 0.25) is 0 Å². The summed E-state index contributed by atoms with van der Waals surface area (Å²) in [5.74, 6) is 0. The quantitative estimate of drug-likeness (QED) is 0.147. The first-order valence-corrected chi connectivity index (χ1v) is 29.5. The number of para-hydroxylation sites is 4. The number of alkyl halides is 3. The number of hydrogen-bond donors (Lipinski definition) is 0. The molecule has 0 unspecified atom stereocenters. The van der Waals surface area contributed by atoms with Gasteiger partial charge in [0.05, 0.1) is 66.9 Å². The van der Waals surface area contributed by atoms with E-state index in [0.717, 1.165) is 87.6 Å². The minimum Gasteiger partial charge on any atom is -0.307 e. The summed E-state index contributed by atoms with van der Waals surface area (Å²) in [4.78, 5) is 35.2. The Morgan fingerprint density at radius 3 is 0.711 bits per heavy atom. The molecule has 15 heteroatoms. The summed E-state index contributed by atoms with van der Waals surface area (Å²) in [5, 5.41) is 6.41. The molecule has 0 aliphatic rings. The van der Waals surface area contributed by atoms with Gasteiger partial charge in [-0.1, -0.05) is 118 Å². The number of halogens is 3. The van der Waals surface area contributed by atoms with Gasteiger partial charge in [0.2, 0.25) is 0 Å². The normalized spacial score (nSPS) is 12.3. The van der Waals surface area contributed by atoms with Crippen molar-refractivity contribution in [3.05, 3.63) is 256 Å². The van der Waals surface area contributed by atoms with E-state index in [-0.39, 0.29) is 11.4 Å². The third kappa shape index (κ3) is 8.01. The Morgan fingerprint density at radius 2 is 0.478 bits per heavy atom. The van der Waals surface area contributed by atoms with E-state index in [1.165, 1.54) is 25.3 Å². The molecule has 0 atom stereocenters. The van der Waals surface area contributed by atoms with Gasteiger partial charge in [-0.25, -0.2) is 39.9 Å². The SMILES string of the molecule is CC(C)(C)c1c(-n2c3ccc(-c4cncnc4)cc3c3cc(-c4cncnc4)ccc32)c(-n2c3ccccc3c3ccccc32)c(C(F)(F)F)c(-n2c3ccccc3c3ccccc32)c1-n1c2ccc(-c3cncnc3)cc2c2cc(-c3cncnc3)ccc21. The summed E-state index contributed by atoms with van der Waals surface area (Å²) in [6, 6.07) is 55.8. The fraction of sp³-hybridized carbons (Fsp3) is 0.0667. The van der Waals surface area contributed by atoms with E-state index in [0.29, 0.717) is 61.1 Å². The highest BCUT2D eigenvalue weighted by Gasteiger charge is 2.46. The summed E-state index contributed by atoms with van der Waals surface area (Å²) < 4.78 is 64.6. The highest BCUT2D eigenvalue weighted by atomic mass is 19.4. The molecule has 0 saturated heterocycles. The first-order valence-electron chi connectivity index (χ1n) is 29.5. The molecule has 0 saturated carbocycles. The molecule has 0 fully saturated rings. The minimum absolute atomic E-state index is 0.0381. The third-order valence-corrected chi connectivity index (χ3v) is 17.6. The van der Waals surface area contributed by atoms with Gasteiger partial charge in [-0.3, -0.25) is 0 Å². The molecule has 12 nitrogen and oxygen atoms in total. The van der Waals surface area contributed by atoms with Crippen LogP contribution in [0.3, 0.4) is 0 Å². The van der Waals surface area contributed by atoms with Crippen molar-refractivity contribution >= 4 is 87.2 Å². The van der Waals surface area contributed by atoms with Crippen LogP contribution in [0.4, 0.5) is 13.2 Å². The molecule has 0 N–H and O–H groups in total. The maximum atomic E-state index is 18.9. The average molecular weight is 1180 g/mol. The summed E-state index contributed by atoms with van der Waals surface area (Å²) in [5.41, 5.74) is 11.0. The summed E-state index contributed by atoms with van der Waals surface area (Å²) in [7, 11) is 0. The van der Waals surface area contributed by atoms with Gasteiger partial charge >= 0.3 is 6.18 Å². The van der Waals surface area contributed by atoms with Crippen LogP contribution >= 0.6 is 0 Å². The lowest BCUT2D eigenvalue weighted by atomic mass is 9.81. The average Bonchev–Trinajstić information content (AvgIpc) is 1.37. The van der Waals surface area contributed by atoms with Crippen LogP contribution in [0.25, 0.3) is 154 Å². The van der Waals surface area contributed by atoms with E-state index in [4.69, 9.17) is 0 Å². The van der Waals surface area contributed by atoms with Crippen molar-refractivity contribution in [3.8, 4) is 67.3 Å². The Hall–Kier alpha value is -11.7. The second kappa shape index (κ2) is 19.9. The van der Waals surface area contributed by atoms with Crippen molar-refractivity contribution in [2.24, 2.45) is 0 Å². The lowest BCUT2D eigenvalue weighted by Gasteiger charge is -2.35. The lowest BCUT2D eigenvalue weighted by molar-refractivity contribution is -0.137. The van der Waals surface area contributed by atoms with Gasteiger partial charge in [0.1, 0.15) is 30.9 Å². The summed E-state index contributed by atoms with van der Waals surface area (Å²) >= 11 is 0. The largest absolute Gasteiger partial charge is 0.420 e. The standard InChI is InChI=1S/C75H49F3N12/c1-74(2,3)68-70(89-64-24-20-44(48-32-79-40-80-33-48)28-56(64)57-29-45(21-25-65(57)89)49-34-81-41-82-35-49)72(87-60-16-8-4-12-52(60)53-13-5-9-17-61(53)87)69(75(76,77)78)73(88-62-18-10-6-14-54(62)55-15-7-11-19-63(55)88)71(68)90-66-26-22-46(50-36-83-42-84-37-50)30-58(66)59-31-47(23-27-67(59)90)51-38-85-43-86-39-51/h4-43H,1-3H3. The van der Waals surface area contributed by atoms with Crippen molar-refractivity contribution < 1.29 is 13.2 Å².